The number of imide groups is 1. The van der Waals surface area contributed by atoms with E-state index in [1.807, 2.05) is 11.0 Å². The van der Waals surface area contributed by atoms with E-state index in [4.69, 9.17) is 4.74 Å². The van der Waals surface area contributed by atoms with Crippen LogP contribution in [0.2, 0.25) is 0 Å². The number of aromatic nitrogens is 1. The number of hydrogen-bond donors (Lipinski definition) is 1. The minimum absolute atomic E-state index is 0.104. The first-order valence-corrected chi connectivity index (χ1v) is 12.2. The van der Waals surface area contributed by atoms with Crippen LogP contribution in [0.1, 0.15) is 56.9 Å². The third-order valence-electron chi connectivity index (χ3n) is 7.62. The van der Waals surface area contributed by atoms with Crippen LogP contribution in [0.5, 0.6) is 0 Å². The van der Waals surface area contributed by atoms with E-state index in [2.05, 4.69) is 16.4 Å². The molecule has 5 rings (SSSR count). The molecule has 1 aromatic rings. The van der Waals surface area contributed by atoms with Gasteiger partial charge in [-0.2, -0.15) is 0 Å². The van der Waals surface area contributed by atoms with Gasteiger partial charge in [0.15, 0.2) is 5.54 Å². The van der Waals surface area contributed by atoms with Crippen LogP contribution in [0.3, 0.4) is 0 Å². The average Bonchev–Trinajstić information content (AvgIpc) is 3.47. The number of amides is 4. The molecule has 1 N–H and O–H groups in total. The molecular weight excluding hydrogens is 420 g/mol. The first-order valence-electron chi connectivity index (χ1n) is 12.2. The van der Waals surface area contributed by atoms with E-state index in [9.17, 15) is 14.4 Å². The lowest BCUT2D eigenvalue weighted by Crippen LogP contribution is -2.54. The maximum atomic E-state index is 13.9. The van der Waals surface area contributed by atoms with Gasteiger partial charge in [-0.3, -0.25) is 19.5 Å². The number of hydrogen-bond acceptors (Lipinski definition) is 5. The Bertz CT molecular complexity index is 935. The Morgan fingerprint density at radius 1 is 1.18 bits per heavy atom. The van der Waals surface area contributed by atoms with Crippen molar-refractivity contribution < 1.29 is 19.1 Å². The second-order valence-corrected chi connectivity index (χ2v) is 9.57. The summed E-state index contributed by atoms with van der Waals surface area (Å²) in [6.07, 6.45) is 12.5. The van der Waals surface area contributed by atoms with Gasteiger partial charge in [0.1, 0.15) is 0 Å². The van der Waals surface area contributed by atoms with E-state index in [1.54, 1.807) is 18.5 Å². The van der Waals surface area contributed by atoms with Crippen molar-refractivity contribution in [1.29, 1.82) is 0 Å². The molecule has 8 heteroatoms. The van der Waals surface area contributed by atoms with Gasteiger partial charge in [0, 0.05) is 43.2 Å². The van der Waals surface area contributed by atoms with E-state index in [-0.39, 0.29) is 36.4 Å². The van der Waals surface area contributed by atoms with Crippen molar-refractivity contribution in [2.45, 2.75) is 63.0 Å². The summed E-state index contributed by atoms with van der Waals surface area (Å²) in [5, 5.41) is 3.06. The number of urea groups is 1. The number of nitrogens with one attached hydrogen (secondary N) is 1. The molecule has 8 nitrogen and oxygen atoms in total. The molecule has 4 aliphatic rings. The van der Waals surface area contributed by atoms with Crippen molar-refractivity contribution in [3.8, 4) is 0 Å². The summed E-state index contributed by atoms with van der Waals surface area (Å²) in [7, 11) is 0. The fraction of sp³-hybridized carbons (Fsp3) is 0.600. The molecule has 0 aromatic carbocycles. The molecule has 3 aliphatic heterocycles. The van der Waals surface area contributed by atoms with Gasteiger partial charge in [-0.05, 0) is 63.4 Å². The molecule has 4 heterocycles. The van der Waals surface area contributed by atoms with Crippen LogP contribution >= 0.6 is 0 Å². The average molecular weight is 453 g/mol. The minimum Gasteiger partial charge on any atom is -0.376 e. The summed E-state index contributed by atoms with van der Waals surface area (Å²) < 4.78 is 5.69. The van der Waals surface area contributed by atoms with Crippen LogP contribution in [-0.2, 0) is 19.9 Å². The predicted molar refractivity (Wildman–Crippen MR) is 121 cm³/mol. The monoisotopic (exact) mass is 452 g/mol. The van der Waals surface area contributed by atoms with Crippen molar-refractivity contribution in [2.75, 3.05) is 26.2 Å². The molecule has 1 aliphatic carbocycles. The molecule has 0 bridgehead atoms. The highest BCUT2D eigenvalue weighted by Gasteiger charge is 2.57. The van der Waals surface area contributed by atoms with Crippen LogP contribution in [0.4, 0.5) is 4.79 Å². The highest BCUT2D eigenvalue weighted by Crippen LogP contribution is 2.41. The van der Waals surface area contributed by atoms with Gasteiger partial charge in [-0.25, -0.2) is 4.79 Å². The van der Waals surface area contributed by atoms with Gasteiger partial charge in [0.05, 0.1) is 12.6 Å². The normalized spacial score (nSPS) is 28.7. The van der Waals surface area contributed by atoms with E-state index >= 15 is 0 Å². The topological polar surface area (TPSA) is 91.8 Å². The van der Waals surface area contributed by atoms with Gasteiger partial charge in [0.25, 0.3) is 5.91 Å². The zero-order valence-electron chi connectivity index (χ0n) is 19.0. The van der Waals surface area contributed by atoms with Gasteiger partial charge < -0.3 is 15.0 Å². The molecule has 0 radical (unpaired) electrons. The molecular formula is C25H32N4O4. The maximum Gasteiger partial charge on any atom is 0.325 e. The number of ether oxygens (including phenoxy) is 1. The van der Waals surface area contributed by atoms with Crippen molar-refractivity contribution in [1.82, 2.24) is 20.1 Å². The number of allylic oxidation sites excluding steroid dienone is 1. The molecule has 4 amide bonds. The van der Waals surface area contributed by atoms with Crippen molar-refractivity contribution in [3.05, 3.63) is 41.7 Å². The minimum atomic E-state index is -1.15. The highest BCUT2D eigenvalue weighted by molar-refractivity contribution is 6.07. The number of rotatable bonds is 5. The first-order chi connectivity index (χ1) is 16.1. The standard InChI is InChI=1S/C25H32N4O4/c30-22(18-6-2-1-3-7-18)28-13-10-19(11-14-28)25(20-8-4-12-26-16-20)23(31)29(24(32)27-25)17-21-9-5-15-33-21/h4,6,8,12,16,19,21H,1-3,5,7,9-11,13-15,17H2,(H,27,32)/t21-,25-/m1/s1. The zero-order chi connectivity index (χ0) is 22.8. The SMILES string of the molecule is O=C(C1=CCCCC1)N1CCC([C@]2(c3cccnc3)NC(=O)N(C[C@H]3CCCO3)C2=O)CC1. The predicted octanol–water partition coefficient (Wildman–Crippen LogP) is 2.75. The highest BCUT2D eigenvalue weighted by atomic mass is 16.5. The lowest BCUT2D eigenvalue weighted by molar-refractivity contribution is -0.136. The zero-order valence-corrected chi connectivity index (χ0v) is 19.0. The summed E-state index contributed by atoms with van der Waals surface area (Å²) >= 11 is 0. The van der Waals surface area contributed by atoms with Crippen LogP contribution < -0.4 is 5.32 Å². The summed E-state index contributed by atoms with van der Waals surface area (Å²) in [4.78, 5) is 47.4. The Kier molecular flexibility index (Phi) is 6.19. The molecule has 3 fully saturated rings. The fourth-order valence-electron chi connectivity index (χ4n) is 5.81. The molecule has 3 saturated heterocycles. The van der Waals surface area contributed by atoms with Crippen molar-refractivity contribution in [2.24, 2.45) is 5.92 Å². The van der Waals surface area contributed by atoms with E-state index < -0.39 is 5.54 Å². The second-order valence-electron chi connectivity index (χ2n) is 9.57. The summed E-state index contributed by atoms with van der Waals surface area (Å²) in [6, 6.07) is 3.30. The Balaban J connectivity index is 1.37. The number of carbonyl (C=O) groups excluding carboxylic acids is 3. The van der Waals surface area contributed by atoms with Gasteiger partial charge in [-0.1, -0.05) is 12.1 Å². The molecule has 0 saturated carbocycles. The Hall–Kier alpha value is -2.74. The summed E-state index contributed by atoms with van der Waals surface area (Å²) in [5.74, 6) is -0.210. The Morgan fingerprint density at radius 2 is 2.03 bits per heavy atom. The number of piperidine rings is 1. The number of carbonyl (C=O) groups is 3. The van der Waals surface area contributed by atoms with E-state index in [1.165, 1.54) is 4.90 Å². The Labute approximate surface area is 194 Å². The molecule has 0 unspecified atom stereocenters. The quantitative estimate of drug-likeness (QED) is 0.694. The van der Waals surface area contributed by atoms with Crippen molar-refractivity contribution in [3.63, 3.8) is 0 Å². The van der Waals surface area contributed by atoms with Gasteiger partial charge in [-0.15, -0.1) is 0 Å². The largest absolute Gasteiger partial charge is 0.376 e. The lowest BCUT2D eigenvalue weighted by atomic mass is 9.73. The molecule has 0 spiro atoms. The van der Waals surface area contributed by atoms with E-state index in [0.29, 0.717) is 38.1 Å². The lowest BCUT2D eigenvalue weighted by Gasteiger charge is -2.41. The third kappa shape index (κ3) is 4.05. The van der Waals surface area contributed by atoms with Crippen molar-refractivity contribution >= 4 is 17.8 Å². The van der Waals surface area contributed by atoms with Crippen LogP contribution in [0.25, 0.3) is 0 Å². The van der Waals surface area contributed by atoms with Crippen LogP contribution in [-0.4, -0.2) is 65.0 Å². The van der Waals surface area contributed by atoms with E-state index in [0.717, 1.165) is 44.1 Å². The van der Waals surface area contributed by atoms with Gasteiger partial charge in [0.2, 0.25) is 5.91 Å². The second kappa shape index (κ2) is 9.25. The number of nitrogens with zero attached hydrogens (tertiary/aromatic N) is 3. The molecule has 176 valence electrons. The number of pyridine rings is 1. The van der Waals surface area contributed by atoms with Crippen LogP contribution in [0, 0.1) is 5.92 Å². The van der Waals surface area contributed by atoms with Gasteiger partial charge >= 0.3 is 6.03 Å². The first kappa shape index (κ1) is 22.1. The third-order valence-corrected chi connectivity index (χ3v) is 7.62. The fourth-order valence-corrected chi connectivity index (χ4v) is 5.81. The molecule has 2 atom stereocenters. The summed E-state index contributed by atoms with van der Waals surface area (Å²) in [5.41, 5.74) is 0.482. The Morgan fingerprint density at radius 3 is 2.70 bits per heavy atom. The van der Waals surface area contributed by atoms with Crippen LogP contribution in [0.15, 0.2) is 36.2 Å². The summed E-state index contributed by atoms with van der Waals surface area (Å²) in [6.45, 7) is 2.11. The maximum absolute atomic E-state index is 13.9. The number of likely N-dealkylation sites (tertiary alicyclic amines) is 1. The molecule has 33 heavy (non-hydrogen) atoms. The smallest absolute Gasteiger partial charge is 0.325 e. The molecule has 1 aromatic heterocycles.